The number of rotatable bonds is 9. The van der Waals surface area contributed by atoms with Crippen molar-refractivity contribution in [3.05, 3.63) is 84.1 Å². The first-order chi connectivity index (χ1) is 20.5. The van der Waals surface area contributed by atoms with Crippen LogP contribution in [0.2, 0.25) is 0 Å². The summed E-state index contributed by atoms with van der Waals surface area (Å²) in [5.74, 6) is 0.757. The van der Waals surface area contributed by atoms with Crippen LogP contribution in [0.15, 0.2) is 78.5 Å². The summed E-state index contributed by atoms with van der Waals surface area (Å²) in [5.41, 5.74) is 1.27. The van der Waals surface area contributed by atoms with E-state index in [1.165, 1.54) is 0 Å². The number of ether oxygens (including phenoxy) is 2. The summed E-state index contributed by atoms with van der Waals surface area (Å²) in [7, 11) is 0. The molecule has 2 aliphatic rings. The SMILES string of the molecule is C=CCN1C(=O)N[C@@H](c2cccc(Oc3ccccc3)c2)C(C(=O)OCC)=C1CN1CCN(C(=O)NC(C)(C)C)[C@@H](C)C1. The normalized spacial score (nSPS) is 19.5. The second-order valence-corrected chi connectivity index (χ2v) is 11.8. The van der Waals surface area contributed by atoms with Gasteiger partial charge in [0.25, 0.3) is 0 Å². The molecule has 2 N–H and O–H groups in total. The standard InChI is InChI=1S/C33H43N5O5/c1-7-17-38-27(22-36-18-19-37(23(3)21-36)32(41)35-33(4,5)6)28(30(39)42-8-2)29(34-31(38)40)24-13-12-16-26(20-24)43-25-14-10-9-11-15-25/h7,9-16,20,23,29H,1,8,17-19,21-22H2,2-6H3,(H,34,40)(H,35,41)/t23-,29-/m0/s1. The number of hydrogen-bond donors (Lipinski definition) is 2. The highest BCUT2D eigenvalue weighted by molar-refractivity contribution is 5.95. The van der Waals surface area contributed by atoms with Crippen molar-refractivity contribution in [2.75, 3.05) is 39.3 Å². The van der Waals surface area contributed by atoms with Crippen molar-refractivity contribution in [3.8, 4) is 11.5 Å². The summed E-state index contributed by atoms with van der Waals surface area (Å²) >= 11 is 0. The van der Waals surface area contributed by atoms with Crippen LogP contribution in [-0.2, 0) is 9.53 Å². The second kappa shape index (κ2) is 13.8. The molecule has 230 valence electrons. The monoisotopic (exact) mass is 589 g/mol. The fraction of sp³-hybridized carbons (Fsp3) is 0.424. The summed E-state index contributed by atoms with van der Waals surface area (Å²) < 4.78 is 11.6. The molecule has 1 fully saturated rings. The molecule has 0 spiro atoms. The fourth-order valence-corrected chi connectivity index (χ4v) is 5.36. The van der Waals surface area contributed by atoms with Crippen molar-refractivity contribution in [1.29, 1.82) is 0 Å². The number of nitrogens with zero attached hydrogens (tertiary/aromatic N) is 3. The Morgan fingerprint density at radius 2 is 1.81 bits per heavy atom. The Hall–Kier alpha value is -4.31. The molecule has 10 heteroatoms. The first-order valence-corrected chi connectivity index (χ1v) is 14.7. The van der Waals surface area contributed by atoms with E-state index in [-0.39, 0.29) is 36.8 Å². The molecule has 2 aromatic rings. The van der Waals surface area contributed by atoms with E-state index in [0.717, 1.165) is 0 Å². The van der Waals surface area contributed by atoms with Crippen molar-refractivity contribution in [3.63, 3.8) is 0 Å². The van der Waals surface area contributed by atoms with Gasteiger partial charge in [-0.25, -0.2) is 14.4 Å². The van der Waals surface area contributed by atoms with E-state index in [4.69, 9.17) is 9.47 Å². The molecular formula is C33H43N5O5. The van der Waals surface area contributed by atoms with Gasteiger partial charge in [-0.3, -0.25) is 9.80 Å². The van der Waals surface area contributed by atoms with Crippen LogP contribution < -0.4 is 15.4 Å². The molecule has 0 saturated carbocycles. The fourth-order valence-electron chi connectivity index (χ4n) is 5.36. The Labute approximate surface area is 254 Å². The minimum Gasteiger partial charge on any atom is -0.463 e. The van der Waals surface area contributed by atoms with Crippen LogP contribution in [0.25, 0.3) is 0 Å². The average Bonchev–Trinajstić information content (AvgIpc) is 2.94. The van der Waals surface area contributed by atoms with Gasteiger partial charge in [-0.05, 0) is 64.4 Å². The summed E-state index contributed by atoms with van der Waals surface area (Å²) in [6.07, 6.45) is 1.63. The van der Waals surface area contributed by atoms with Gasteiger partial charge in [-0.2, -0.15) is 0 Å². The lowest BCUT2D eigenvalue weighted by Gasteiger charge is -2.43. The van der Waals surface area contributed by atoms with Crippen molar-refractivity contribution in [1.82, 2.24) is 25.3 Å². The Kier molecular flexibility index (Phi) is 10.1. The number of urea groups is 2. The van der Waals surface area contributed by atoms with E-state index >= 15 is 0 Å². The van der Waals surface area contributed by atoms with Gasteiger partial charge in [-0.1, -0.05) is 36.4 Å². The molecule has 0 aliphatic carbocycles. The van der Waals surface area contributed by atoms with Gasteiger partial charge in [0.05, 0.1) is 18.2 Å². The number of para-hydroxylation sites is 1. The maximum absolute atomic E-state index is 13.6. The number of esters is 1. The number of benzene rings is 2. The molecular weight excluding hydrogens is 546 g/mol. The zero-order chi connectivity index (χ0) is 31.1. The maximum Gasteiger partial charge on any atom is 0.338 e. The number of nitrogens with one attached hydrogen (secondary N) is 2. The number of carbonyl (C=O) groups is 3. The van der Waals surface area contributed by atoms with Crippen LogP contribution in [0.3, 0.4) is 0 Å². The summed E-state index contributed by atoms with van der Waals surface area (Å²) in [6, 6.07) is 15.5. The molecule has 0 radical (unpaired) electrons. The highest BCUT2D eigenvalue weighted by Crippen LogP contribution is 2.34. The van der Waals surface area contributed by atoms with E-state index in [9.17, 15) is 14.4 Å². The van der Waals surface area contributed by atoms with Crippen LogP contribution in [0.1, 0.15) is 46.2 Å². The predicted molar refractivity (Wildman–Crippen MR) is 166 cm³/mol. The van der Waals surface area contributed by atoms with Crippen LogP contribution in [0, 0.1) is 0 Å². The Bertz CT molecular complexity index is 1350. The number of hydrogen-bond acceptors (Lipinski definition) is 6. The van der Waals surface area contributed by atoms with Gasteiger partial charge in [0.2, 0.25) is 0 Å². The molecule has 0 unspecified atom stereocenters. The number of piperazine rings is 1. The number of amides is 4. The Morgan fingerprint density at radius 3 is 2.47 bits per heavy atom. The van der Waals surface area contributed by atoms with E-state index < -0.39 is 12.0 Å². The number of carbonyl (C=O) groups excluding carboxylic acids is 3. The lowest BCUT2D eigenvalue weighted by Crippen LogP contribution is -2.59. The Morgan fingerprint density at radius 1 is 1.09 bits per heavy atom. The first-order valence-electron chi connectivity index (χ1n) is 14.7. The maximum atomic E-state index is 13.6. The molecule has 1 saturated heterocycles. The zero-order valence-electron chi connectivity index (χ0n) is 25.8. The first kappa shape index (κ1) is 31.6. The topological polar surface area (TPSA) is 103 Å². The van der Waals surface area contributed by atoms with Gasteiger partial charge in [0.1, 0.15) is 11.5 Å². The highest BCUT2D eigenvalue weighted by atomic mass is 16.5. The minimum absolute atomic E-state index is 0.0735. The predicted octanol–water partition coefficient (Wildman–Crippen LogP) is 5.06. The zero-order valence-corrected chi connectivity index (χ0v) is 25.8. The van der Waals surface area contributed by atoms with E-state index in [2.05, 4.69) is 22.1 Å². The average molecular weight is 590 g/mol. The summed E-state index contributed by atoms with van der Waals surface area (Å²) in [4.78, 5) is 45.6. The summed E-state index contributed by atoms with van der Waals surface area (Å²) in [5, 5.41) is 6.05. The van der Waals surface area contributed by atoms with Gasteiger partial charge in [-0.15, -0.1) is 6.58 Å². The molecule has 2 aliphatic heterocycles. The van der Waals surface area contributed by atoms with Crippen molar-refractivity contribution in [2.24, 2.45) is 0 Å². The van der Waals surface area contributed by atoms with Gasteiger partial charge in [0.15, 0.2) is 0 Å². The van der Waals surface area contributed by atoms with Gasteiger partial charge in [0, 0.05) is 50.0 Å². The summed E-state index contributed by atoms with van der Waals surface area (Å²) in [6.45, 7) is 15.9. The van der Waals surface area contributed by atoms with Crippen LogP contribution in [-0.4, -0.2) is 83.6 Å². The third kappa shape index (κ3) is 7.95. The quantitative estimate of drug-likeness (QED) is 0.313. The van der Waals surface area contributed by atoms with E-state index in [1.807, 2.05) is 87.2 Å². The molecule has 4 amide bonds. The molecule has 4 rings (SSSR count). The third-order valence-corrected chi connectivity index (χ3v) is 7.24. The Balaban J connectivity index is 1.67. The smallest absolute Gasteiger partial charge is 0.338 e. The largest absolute Gasteiger partial charge is 0.463 e. The van der Waals surface area contributed by atoms with E-state index in [0.29, 0.717) is 54.5 Å². The highest BCUT2D eigenvalue weighted by Gasteiger charge is 2.39. The minimum atomic E-state index is -0.752. The molecule has 2 atom stereocenters. The van der Waals surface area contributed by atoms with Crippen molar-refractivity contribution >= 4 is 18.0 Å². The van der Waals surface area contributed by atoms with Gasteiger partial charge >= 0.3 is 18.0 Å². The van der Waals surface area contributed by atoms with Crippen molar-refractivity contribution < 1.29 is 23.9 Å². The van der Waals surface area contributed by atoms with Crippen LogP contribution >= 0.6 is 0 Å². The van der Waals surface area contributed by atoms with Crippen LogP contribution in [0.4, 0.5) is 9.59 Å². The molecule has 2 heterocycles. The lowest BCUT2D eigenvalue weighted by atomic mass is 9.93. The molecule has 0 aromatic heterocycles. The lowest BCUT2D eigenvalue weighted by molar-refractivity contribution is -0.139. The molecule has 10 nitrogen and oxygen atoms in total. The van der Waals surface area contributed by atoms with Gasteiger partial charge < -0.3 is 25.0 Å². The third-order valence-electron chi connectivity index (χ3n) is 7.24. The van der Waals surface area contributed by atoms with E-state index in [1.54, 1.807) is 17.9 Å². The molecule has 2 aromatic carbocycles. The molecule has 0 bridgehead atoms. The second-order valence-electron chi connectivity index (χ2n) is 11.8. The van der Waals surface area contributed by atoms with Crippen LogP contribution in [0.5, 0.6) is 11.5 Å². The van der Waals surface area contributed by atoms with Crippen molar-refractivity contribution in [2.45, 2.75) is 52.2 Å². The molecule has 43 heavy (non-hydrogen) atoms.